The van der Waals surface area contributed by atoms with Crippen LogP contribution < -0.4 is 10.6 Å². The van der Waals surface area contributed by atoms with E-state index in [0.717, 1.165) is 12.8 Å². The first kappa shape index (κ1) is 16.8. The highest BCUT2D eigenvalue weighted by atomic mass is 16.4. The van der Waals surface area contributed by atoms with E-state index in [0.29, 0.717) is 11.8 Å². The molecule has 5 nitrogen and oxygen atoms in total. The molecular formula is C15H28N2O3. The zero-order chi connectivity index (χ0) is 15.5. The third-order valence-corrected chi connectivity index (χ3v) is 4.51. The van der Waals surface area contributed by atoms with Gasteiger partial charge in [0.05, 0.1) is 6.42 Å². The fourth-order valence-electron chi connectivity index (χ4n) is 2.69. The van der Waals surface area contributed by atoms with Crippen LogP contribution in [-0.2, 0) is 4.79 Å². The maximum absolute atomic E-state index is 12.1. The van der Waals surface area contributed by atoms with E-state index in [1.807, 2.05) is 20.8 Å². The van der Waals surface area contributed by atoms with Crippen molar-refractivity contribution >= 4 is 12.0 Å². The summed E-state index contributed by atoms with van der Waals surface area (Å²) in [6, 6.07) is -0.443. The summed E-state index contributed by atoms with van der Waals surface area (Å²) in [5.74, 6) is 0.194. The van der Waals surface area contributed by atoms with Crippen LogP contribution in [0.4, 0.5) is 4.79 Å². The van der Waals surface area contributed by atoms with E-state index in [1.54, 1.807) is 0 Å². The number of hydrogen-bond acceptors (Lipinski definition) is 2. The summed E-state index contributed by atoms with van der Waals surface area (Å²) in [5.41, 5.74) is -0.287. The summed E-state index contributed by atoms with van der Waals surface area (Å²) in [5, 5.41) is 14.8. The Hall–Kier alpha value is -1.26. The first-order chi connectivity index (χ1) is 9.11. The third-order valence-electron chi connectivity index (χ3n) is 4.51. The number of urea groups is 1. The molecule has 2 amide bonds. The van der Waals surface area contributed by atoms with Crippen molar-refractivity contribution in [3.05, 3.63) is 0 Å². The monoisotopic (exact) mass is 284 g/mol. The van der Waals surface area contributed by atoms with Gasteiger partial charge < -0.3 is 15.7 Å². The first-order valence-corrected chi connectivity index (χ1v) is 7.40. The molecular weight excluding hydrogens is 256 g/mol. The van der Waals surface area contributed by atoms with Gasteiger partial charge in [-0.15, -0.1) is 0 Å². The van der Waals surface area contributed by atoms with Crippen molar-refractivity contribution in [3.8, 4) is 0 Å². The molecule has 5 heteroatoms. The molecule has 0 aromatic carbocycles. The molecule has 116 valence electrons. The van der Waals surface area contributed by atoms with Gasteiger partial charge in [-0.3, -0.25) is 4.79 Å². The highest BCUT2D eigenvalue weighted by Crippen LogP contribution is 2.31. The molecule has 4 atom stereocenters. The average Bonchev–Trinajstić information content (AvgIpc) is 2.58. The van der Waals surface area contributed by atoms with Crippen molar-refractivity contribution in [2.75, 3.05) is 0 Å². The molecule has 0 bridgehead atoms. The molecule has 1 saturated carbocycles. The number of amides is 2. The predicted octanol–water partition coefficient (Wildman–Crippen LogP) is 2.61. The van der Waals surface area contributed by atoms with Gasteiger partial charge in [0.15, 0.2) is 0 Å². The van der Waals surface area contributed by atoms with Crippen molar-refractivity contribution in [3.63, 3.8) is 0 Å². The van der Waals surface area contributed by atoms with E-state index < -0.39 is 5.97 Å². The highest BCUT2D eigenvalue weighted by Gasteiger charge is 2.33. The van der Waals surface area contributed by atoms with Crippen LogP contribution in [0.2, 0.25) is 0 Å². The number of nitrogens with one attached hydrogen (secondary N) is 2. The van der Waals surface area contributed by atoms with Crippen LogP contribution in [0.15, 0.2) is 0 Å². The first-order valence-electron chi connectivity index (χ1n) is 7.40. The maximum atomic E-state index is 12.1. The molecule has 4 unspecified atom stereocenters. The minimum atomic E-state index is -0.895. The second-order valence-corrected chi connectivity index (χ2v) is 7.15. The Bertz CT molecular complexity index is 363. The maximum Gasteiger partial charge on any atom is 0.315 e. The number of carboxylic acid groups (broad SMARTS) is 1. The summed E-state index contributed by atoms with van der Waals surface area (Å²) >= 11 is 0. The largest absolute Gasteiger partial charge is 0.481 e. The predicted molar refractivity (Wildman–Crippen MR) is 78.5 cm³/mol. The molecule has 0 spiro atoms. The Balaban J connectivity index is 2.56. The smallest absolute Gasteiger partial charge is 0.315 e. The van der Waals surface area contributed by atoms with Crippen LogP contribution in [0.3, 0.4) is 0 Å². The van der Waals surface area contributed by atoms with Gasteiger partial charge >= 0.3 is 12.0 Å². The fraction of sp³-hybridized carbons (Fsp3) is 0.867. The lowest BCUT2D eigenvalue weighted by Gasteiger charge is -2.31. The van der Waals surface area contributed by atoms with E-state index in [2.05, 4.69) is 24.5 Å². The van der Waals surface area contributed by atoms with Crippen molar-refractivity contribution < 1.29 is 14.7 Å². The van der Waals surface area contributed by atoms with Gasteiger partial charge in [0.25, 0.3) is 0 Å². The molecule has 0 aromatic rings. The summed E-state index contributed by atoms with van der Waals surface area (Å²) in [4.78, 5) is 23.0. The molecule has 0 radical (unpaired) electrons. The van der Waals surface area contributed by atoms with Gasteiger partial charge in [0, 0.05) is 12.1 Å². The molecule has 1 rings (SSSR count). The Morgan fingerprint density at radius 1 is 1.25 bits per heavy atom. The second-order valence-electron chi connectivity index (χ2n) is 7.15. The van der Waals surface area contributed by atoms with E-state index in [-0.39, 0.29) is 30.0 Å². The molecule has 0 saturated heterocycles. The number of carbonyl (C=O) groups excluding carboxylic acids is 1. The number of carbonyl (C=O) groups is 2. The molecule has 0 aromatic heterocycles. The lowest BCUT2D eigenvalue weighted by molar-refractivity contribution is -0.138. The van der Waals surface area contributed by atoms with Crippen LogP contribution >= 0.6 is 0 Å². The molecule has 1 fully saturated rings. The van der Waals surface area contributed by atoms with Crippen molar-refractivity contribution in [2.24, 2.45) is 17.3 Å². The van der Waals surface area contributed by atoms with Gasteiger partial charge in [-0.2, -0.15) is 0 Å². The summed E-state index contributed by atoms with van der Waals surface area (Å²) in [7, 11) is 0. The minimum absolute atomic E-state index is 0.0620. The van der Waals surface area contributed by atoms with E-state index >= 15 is 0 Å². The van der Waals surface area contributed by atoms with E-state index in [9.17, 15) is 9.59 Å². The quantitative estimate of drug-likeness (QED) is 0.742. The number of hydrogen-bond donors (Lipinski definition) is 3. The summed E-state index contributed by atoms with van der Waals surface area (Å²) in [6.45, 7) is 10.2. The van der Waals surface area contributed by atoms with Crippen LogP contribution in [-0.4, -0.2) is 29.2 Å². The Morgan fingerprint density at radius 2 is 1.85 bits per heavy atom. The molecule has 0 aliphatic heterocycles. The third kappa shape index (κ3) is 4.69. The Labute approximate surface area is 121 Å². The number of carboxylic acids is 1. The minimum Gasteiger partial charge on any atom is -0.481 e. The van der Waals surface area contributed by atoms with E-state index in [1.165, 1.54) is 0 Å². The molecule has 3 N–H and O–H groups in total. The molecule has 20 heavy (non-hydrogen) atoms. The normalized spacial score (nSPS) is 27.9. The molecule has 1 aliphatic rings. The summed E-state index contributed by atoms with van der Waals surface area (Å²) in [6.07, 6.45) is 2.06. The van der Waals surface area contributed by atoms with E-state index in [4.69, 9.17) is 5.11 Å². The van der Waals surface area contributed by atoms with Gasteiger partial charge in [-0.1, -0.05) is 34.6 Å². The average molecular weight is 284 g/mol. The molecule has 0 heterocycles. The SMILES string of the molecule is CC1CCC(NC(=O)NC(CC(=O)O)C(C)(C)C)C1C. The second kappa shape index (κ2) is 6.46. The van der Waals surface area contributed by atoms with Gasteiger partial charge in [0.1, 0.15) is 0 Å². The Morgan fingerprint density at radius 3 is 2.25 bits per heavy atom. The van der Waals surface area contributed by atoms with Crippen molar-refractivity contribution in [2.45, 2.75) is 66.0 Å². The van der Waals surface area contributed by atoms with Gasteiger partial charge in [-0.25, -0.2) is 4.79 Å². The lowest BCUT2D eigenvalue weighted by Crippen LogP contribution is -2.51. The zero-order valence-corrected chi connectivity index (χ0v) is 13.2. The Kier molecular flexibility index (Phi) is 5.42. The van der Waals surface area contributed by atoms with Crippen LogP contribution in [0.1, 0.15) is 53.9 Å². The topological polar surface area (TPSA) is 78.4 Å². The standard InChI is InChI=1S/C15H28N2O3/c1-9-6-7-11(10(9)2)16-14(20)17-12(8-13(18)19)15(3,4)5/h9-12H,6-8H2,1-5H3,(H,18,19)(H2,16,17,20). The zero-order valence-electron chi connectivity index (χ0n) is 13.2. The summed E-state index contributed by atoms with van der Waals surface area (Å²) < 4.78 is 0. The van der Waals surface area contributed by atoms with Gasteiger partial charge in [0.2, 0.25) is 0 Å². The fourth-order valence-corrected chi connectivity index (χ4v) is 2.69. The lowest BCUT2D eigenvalue weighted by atomic mass is 9.85. The van der Waals surface area contributed by atoms with Crippen molar-refractivity contribution in [1.29, 1.82) is 0 Å². The van der Waals surface area contributed by atoms with Crippen LogP contribution in [0.25, 0.3) is 0 Å². The molecule has 1 aliphatic carbocycles. The highest BCUT2D eigenvalue weighted by molar-refractivity contribution is 5.76. The van der Waals surface area contributed by atoms with Gasteiger partial charge in [-0.05, 0) is 30.1 Å². The number of rotatable bonds is 4. The van der Waals surface area contributed by atoms with Crippen LogP contribution in [0, 0.1) is 17.3 Å². The van der Waals surface area contributed by atoms with Crippen LogP contribution in [0.5, 0.6) is 0 Å². The van der Waals surface area contributed by atoms with Crippen molar-refractivity contribution in [1.82, 2.24) is 10.6 Å². The number of aliphatic carboxylic acids is 1.